The summed E-state index contributed by atoms with van der Waals surface area (Å²) < 4.78 is 17.1. The molecule has 0 fully saturated rings. The van der Waals surface area contributed by atoms with Crippen LogP contribution in [0.2, 0.25) is 0 Å². The fraction of sp³-hybridized carbons (Fsp3) is 0.238. The molecule has 0 saturated carbocycles. The van der Waals surface area contributed by atoms with Gasteiger partial charge in [0.15, 0.2) is 11.5 Å². The highest BCUT2D eigenvalue weighted by Gasteiger charge is 2.30. The molecular formula is C21H21NO3. The standard InChI is InChI=1S/C21H21NO3/c1-23-19-10-14-8-9-18-16(15(14)12-20(19)24-2)11-17(22)21(25-18)13-6-4-3-5-7-13/h3-10,12,17,21H,11,22H2,1-2H3/t17-,21+/m1/s1. The molecular weight excluding hydrogens is 314 g/mol. The van der Waals surface area contributed by atoms with Gasteiger partial charge in [-0.3, -0.25) is 0 Å². The molecule has 0 aromatic heterocycles. The van der Waals surface area contributed by atoms with Gasteiger partial charge in [-0.1, -0.05) is 36.4 Å². The van der Waals surface area contributed by atoms with Gasteiger partial charge in [0.05, 0.1) is 20.3 Å². The number of ether oxygens (including phenoxy) is 3. The zero-order valence-corrected chi connectivity index (χ0v) is 14.4. The zero-order valence-electron chi connectivity index (χ0n) is 14.4. The van der Waals surface area contributed by atoms with E-state index in [9.17, 15) is 0 Å². The van der Waals surface area contributed by atoms with Gasteiger partial charge in [0.25, 0.3) is 0 Å². The molecule has 0 aliphatic carbocycles. The largest absolute Gasteiger partial charge is 0.493 e. The molecule has 4 rings (SSSR count). The molecule has 4 nitrogen and oxygen atoms in total. The topological polar surface area (TPSA) is 53.7 Å². The van der Waals surface area contributed by atoms with Crippen LogP contribution in [0.15, 0.2) is 54.6 Å². The summed E-state index contributed by atoms with van der Waals surface area (Å²) >= 11 is 0. The van der Waals surface area contributed by atoms with E-state index in [-0.39, 0.29) is 12.1 Å². The van der Waals surface area contributed by atoms with Crippen molar-refractivity contribution in [1.29, 1.82) is 0 Å². The van der Waals surface area contributed by atoms with Gasteiger partial charge in [0, 0.05) is 5.56 Å². The molecule has 0 unspecified atom stereocenters. The van der Waals surface area contributed by atoms with Crippen LogP contribution in [0.5, 0.6) is 17.2 Å². The maximum atomic E-state index is 6.46. The Balaban J connectivity index is 1.81. The van der Waals surface area contributed by atoms with Gasteiger partial charge < -0.3 is 19.9 Å². The number of hydrogen-bond acceptors (Lipinski definition) is 4. The third-order valence-electron chi connectivity index (χ3n) is 4.80. The minimum Gasteiger partial charge on any atom is -0.493 e. The first kappa shape index (κ1) is 15.8. The second kappa shape index (κ2) is 6.30. The van der Waals surface area contributed by atoms with Crippen molar-refractivity contribution in [3.05, 3.63) is 65.7 Å². The van der Waals surface area contributed by atoms with Crippen molar-refractivity contribution in [2.24, 2.45) is 5.73 Å². The Morgan fingerprint density at radius 3 is 2.40 bits per heavy atom. The van der Waals surface area contributed by atoms with Gasteiger partial charge in [0.2, 0.25) is 0 Å². The molecule has 0 saturated heterocycles. The molecule has 1 aliphatic heterocycles. The number of benzene rings is 3. The first-order valence-corrected chi connectivity index (χ1v) is 8.36. The Hall–Kier alpha value is -2.72. The van der Waals surface area contributed by atoms with Crippen LogP contribution in [0, 0.1) is 0 Å². The van der Waals surface area contributed by atoms with Crippen molar-refractivity contribution in [2.45, 2.75) is 18.6 Å². The Morgan fingerprint density at radius 2 is 1.68 bits per heavy atom. The minimum absolute atomic E-state index is 0.103. The van der Waals surface area contributed by atoms with Gasteiger partial charge in [-0.25, -0.2) is 0 Å². The van der Waals surface area contributed by atoms with E-state index in [1.807, 2.05) is 36.4 Å². The molecule has 0 amide bonds. The smallest absolute Gasteiger partial charge is 0.161 e. The molecule has 4 heteroatoms. The van der Waals surface area contributed by atoms with Gasteiger partial charge >= 0.3 is 0 Å². The minimum atomic E-state index is -0.133. The summed E-state index contributed by atoms with van der Waals surface area (Å²) in [7, 11) is 3.29. The summed E-state index contributed by atoms with van der Waals surface area (Å²) in [6.07, 6.45) is 0.619. The van der Waals surface area contributed by atoms with E-state index in [1.54, 1.807) is 14.2 Å². The van der Waals surface area contributed by atoms with Gasteiger partial charge in [-0.2, -0.15) is 0 Å². The van der Waals surface area contributed by atoms with Crippen LogP contribution in [-0.4, -0.2) is 20.3 Å². The highest BCUT2D eigenvalue weighted by molar-refractivity contribution is 5.91. The highest BCUT2D eigenvalue weighted by atomic mass is 16.5. The lowest BCUT2D eigenvalue weighted by Crippen LogP contribution is -2.37. The monoisotopic (exact) mass is 335 g/mol. The molecule has 3 aromatic carbocycles. The Bertz CT molecular complexity index is 908. The zero-order chi connectivity index (χ0) is 17.4. The third-order valence-corrected chi connectivity index (χ3v) is 4.80. The lowest BCUT2D eigenvalue weighted by atomic mass is 9.90. The van der Waals surface area contributed by atoms with Crippen LogP contribution in [0.3, 0.4) is 0 Å². The summed E-state index contributed by atoms with van der Waals surface area (Å²) in [5, 5.41) is 2.18. The first-order valence-electron chi connectivity index (χ1n) is 8.36. The van der Waals surface area contributed by atoms with E-state index in [4.69, 9.17) is 19.9 Å². The molecule has 128 valence electrons. The van der Waals surface area contributed by atoms with Crippen LogP contribution in [0.1, 0.15) is 17.2 Å². The number of nitrogens with two attached hydrogens (primary N) is 1. The van der Waals surface area contributed by atoms with Crippen LogP contribution in [0.25, 0.3) is 10.8 Å². The first-order chi connectivity index (χ1) is 12.2. The van der Waals surface area contributed by atoms with Gasteiger partial charge in [0.1, 0.15) is 11.9 Å². The molecule has 25 heavy (non-hydrogen) atoms. The molecule has 0 bridgehead atoms. The summed E-state index contributed by atoms with van der Waals surface area (Å²) in [6.45, 7) is 0. The number of methoxy groups -OCH3 is 2. The highest BCUT2D eigenvalue weighted by Crippen LogP contribution is 2.41. The van der Waals surface area contributed by atoms with E-state index >= 15 is 0 Å². The second-order valence-corrected chi connectivity index (χ2v) is 6.29. The van der Waals surface area contributed by atoms with E-state index in [0.717, 1.165) is 39.8 Å². The van der Waals surface area contributed by atoms with E-state index < -0.39 is 0 Å². The normalized spacial score (nSPS) is 19.2. The Morgan fingerprint density at radius 1 is 0.960 bits per heavy atom. The number of rotatable bonds is 3. The Labute approximate surface area is 147 Å². The quantitative estimate of drug-likeness (QED) is 0.790. The molecule has 0 radical (unpaired) electrons. The van der Waals surface area contributed by atoms with Crippen molar-refractivity contribution in [3.63, 3.8) is 0 Å². The molecule has 2 N–H and O–H groups in total. The summed E-state index contributed by atoms with van der Waals surface area (Å²) in [5.41, 5.74) is 8.69. The maximum Gasteiger partial charge on any atom is 0.161 e. The molecule has 3 aromatic rings. The predicted molar refractivity (Wildman–Crippen MR) is 98.5 cm³/mol. The van der Waals surface area contributed by atoms with E-state index in [0.29, 0.717) is 5.75 Å². The number of hydrogen-bond donors (Lipinski definition) is 1. The summed E-state index contributed by atoms with van der Waals surface area (Å²) in [5.74, 6) is 2.32. The fourth-order valence-corrected chi connectivity index (χ4v) is 3.54. The van der Waals surface area contributed by atoms with Crippen LogP contribution >= 0.6 is 0 Å². The molecule has 1 heterocycles. The van der Waals surface area contributed by atoms with Gasteiger partial charge in [-0.05, 0) is 41.0 Å². The molecule has 2 atom stereocenters. The average molecular weight is 335 g/mol. The summed E-state index contributed by atoms with van der Waals surface area (Å²) in [6, 6.07) is 18.1. The van der Waals surface area contributed by atoms with Crippen LogP contribution < -0.4 is 19.9 Å². The van der Waals surface area contributed by atoms with Gasteiger partial charge in [-0.15, -0.1) is 0 Å². The van der Waals surface area contributed by atoms with Crippen molar-refractivity contribution in [3.8, 4) is 17.2 Å². The van der Waals surface area contributed by atoms with Crippen molar-refractivity contribution >= 4 is 10.8 Å². The third kappa shape index (κ3) is 2.68. The summed E-state index contributed by atoms with van der Waals surface area (Å²) in [4.78, 5) is 0. The lowest BCUT2D eigenvalue weighted by Gasteiger charge is -2.32. The Kier molecular flexibility index (Phi) is 3.98. The van der Waals surface area contributed by atoms with Crippen molar-refractivity contribution < 1.29 is 14.2 Å². The second-order valence-electron chi connectivity index (χ2n) is 6.29. The molecule has 0 spiro atoms. The van der Waals surface area contributed by atoms with Crippen LogP contribution in [0.4, 0.5) is 0 Å². The van der Waals surface area contributed by atoms with Crippen LogP contribution in [-0.2, 0) is 6.42 Å². The SMILES string of the molecule is COc1cc2ccc3c(c2cc1OC)C[C@@H](N)[C@H](c1ccccc1)O3. The lowest BCUT2D eigenvalue weighted by molar-refractivity contribution is 0.154. The van der Waals surface area contributed by atoms with Crippen molar-refractivity contribution in [2.75, 3.05) is 14.2 Å². The predicted octanol–water partition coefficient (Wildman–Crippen LogP) is 3.86. The molecule has 1 aliphatic rings. The average Bonchev–Trinajstić information content (AvgIpc) is 2.67. The van der Waals surface area contributed by atoms with E-state index in [2.05, 4.69) is 18.2 Å². The maximum absolute atomic E-state index is 6.46. The van der Waals surface area contributed by atoms with Crippen molar-refractivity contribution in [1.82, 2.24) is 0 Å². The fourth-order valence-electron chi connectivity index (χ4n) is 3.54. The number of fused-ring (bicyclic) bond motifs is 3. The van der Waals surface area contributed by atoms with E-state index in [1.165, 1.54) is 0 Å².